The van der Waals surface area contributed by atoms with E-state index < -0.39 is 17.0 Å². The molecule has 0 saturated carbocycles. The molecular weight excluding hydrogens is 345 g/mol. The molecule has 0 aromatic heterocycles. The zero-order chi connectivity index (χ0) is 17.7. The van der Waals surface area contributed by atoms with Gasteiger partial charge >= 0.3 is 6.18 Å². The number of ether oxygens (including phenoxy) is 3. The molecular formula is C16H21F3O4S. The van der Waals surface area contributed by atoms with Gasteiger partial charge in [0.15, 0.2) is 11.5 Å². The van der Waals surface area contributed by atoms with E-state index in [-0.39, 0.29) is 36.9 Å². The van der Waals surface area contributed by atoms with Crippen LogP contribution >= 0.6 is 11.8 Å². The number of fused-ring (bicyclic) bond motifs is 1. The Labute approximate surface area is 143 Å². The molecule has 1 N–H and O–H groups in total. The Morgan fingerprint density at radius 1 is 1.29 bits per heavy atom. The van der Waals surface area contributed by atoms with Crippen molar-refractivity contribution in [3.05, 3.63) is 22.8 Å². The van der Waals surface area contributed by atoms with Gasteiger partial charge < -0.3 is 19.3 Å². The molecule has 0 bridgehead atoms. The summed E-state index contributed by atoms with van der Waals surface area (Å²) in [4.78, 5) is 0. The summed E-state index contributed by atoms with van der Waals surface area (Å²) in [6.45, 7) is 0.0418. The third-order valence-electron chi connectivity index (χ3n) is 3.82. The minimum Gasteiger partial charge on any atom is -0.493 e. The summed E-state index contributed by atoms with van der Waals surface area (Å²) in [5, 5.41) is 8.37. The lowest BCUT2D eigenvalue weighted by atomic mass is 9.93. The Kier molecular flexibility index (Phi) is 6.65. The first-order valence-corrected chi connectivity index (χ1v) is 8.64. The Morgan fingerprint density at radius 2 is 2.04 bits per heavy atom. The summed E-state index contributed by atoms with van der Waals surface area (Å²) in [5.74, 6) is 0.535. The highest BCUT2D eigenvalue weighted by Gasteiger charge is 2.42. The minimum atomic E-state index is -4.57. The average molecular weight is 366 g/mol. The van der Waals surface area contributed by atoms with E-state index in [4.69, 9.17) is 19.3 Å². The van der Waals surface area contributed by atoms with Gasteiger partial charge in [-0.05, 0) is 35.8 Å². The molecule has 0 spiro atoms. The topological polar surface area (TPSA) is 47.9 Å². The highest BCUT2D eigenvalue weighted by atomic mass is 32.2. The van der Waals surface area contributed by atoms with E-state index in [1.807, 2.05) is 0 Å². The Bertz CT molecular complexity index is 563. The van der Waals surface area contributed by atoms with Crippen molar-refractivity contribution in [1.29, 1.82) is 0 Å². The molecule has 1 heterocycles. The fourth-order valence-corrected chi connectivity index (χ4v) is 4.10. The zero-order valence-electron chi connectivity index (χ0n) is 13.6. The van der Waals surface area contributed by atoms with E-state index in [1.54, 1.807) is 6.07 Å². The number of halogens is 3. The molecule has 1 aliphatic heterocycles. The van der Waals surface area contributed by atoms with Crippen LogP contribution in [-0.2, 0) is 17.3 Å². The van der Waals surface area contributed by atoms with Crippen LogP contribution in [0.1, 0.15) is 28.4 Å². The number of aliphatic hydroxyl groups is 1. The standard InChI is InChI=1S/C16H21F3O4S/c1-21-11-8-10-4-3-7-24-12(9-23-6-5-20)13(10)14(15(11)22-2)16(17,18)19/h8,12,20H,3-7,9H2,1-2H3. The molecule has 0 amide bonds. The number of aliphatic hydroxyl groups excluding tert-OH is 1. The van der Waals surface area contributed by atoms with Gasteiger partial charge in [0.05, 0.1) is 39.3 Å². The van der Waals surface area contributed by atoms with Crippen LogP contribution in [0.15, 0.2) is 6.07 Å². The van der Waals surface area contributed by atoms with Crippen LogP contribution < -0.4 is 9.47 Å². The molecule has 24 heavy (non-hydrogen) atoms. The van der Waals surface area contributed by atoms with E-state index in [1.165, 1.54) is 26.0 Å². The highest BCUT2D eigenvalue weighted by molar-refractivity contribution is 7.99. The van der Waals surface area contributed by atoms with Crippen LogP contribution in [0.2, 0.25) is 0 Å². The van der Waals surface area contributed by atoms with Gasteiger partial charge in [-0.25, -0.2) is 0 Å². The van der Waals surface area contributed by atoms with Gasteiger partial charge in [0.25, 0.3) is 0 Å². The number of hydrogen-bond donors (Lipinski definition) is 1. The van der Waals surface area contributed by atoms with Gasteiger partial charge in [0, 0.05) is 0 Å². The average Bonchev–Trinajstić information content (AvgIpc) is 2.74. The maximum Gasteiger partial charge on any atom is 0.420 e. The normalized spacial score (nSPS) is 18.0. The van der Waals surface area contributed by atoms with Crippen molar-refractivity contribution in [3.8, 4) is 11.5 Å². The fraction of sp³-hybridized carbons (Fsp3) is 0.625. The monoisotopic (exact) mass is 366 g/mol. The number of aryl methyl sites for hydroxylation is 1. The number of thioether (sulfide) groups is 1. The fourth-order valence-electron chi connectivity index (χ4n) is 2.88. The molecule has 1 unspecified atom stereocenters. The Morgan fingerprint density at radius 3 is 2.62 bits per heavy atom. The van der Waals surface area contributed by atoms with Gasteiger partial charge in [-0.2, -0.15) is 24.9 Å². The van der Waals surface area contributed by atoms with Crippen LogP contribution in [0, 0.1) is 0 Å². The summed E-state index contributed by atoms with van der Waals surface area (Å²) in [6.07, 6.45) is -3.24. The van der Waals surface area contributed by atoms with Crippen molar-refractivity contribution in [1.82, 2.24) is 0 Å². The molecule has 1 aliphatic rings. The molecule has 4 nitrogen and oxygen atoms in total. The van der Waals surface area contributed by atoms with Gasteiger partial charge in [-0.3, -0.25) is 0 Å². The smallest absolute Gasteiger partial charge is 0.420 e. The molecule has 0 fully saturated rings. The van der Waals surface area contributed by atoms with Gasteiger partial charge in [0.2, 0.25) is 0 Å². The van der Waals surface area contributed by atoms with Crippen LogP contribution in [0.4, 0.5) is 13.2 Å². The number of methoxy groups -OCH3 is 2. The number of alkyl halides is 3. The van der Waals surface area contributed by atoms with Crippen molar-refractivity contribution in [2.24, 2.45) is 0 Å². The van der Waals surface area contributed by atoms with Crippen molar-refractivity contribution in [3.63, 3.8) is 0 Å². The quantitative estimate of drug-likeness (QED) is 0.782. The first kappa shape index (κ1) is 19.2. The lowest BCUT2D eigenvalue weighted by Crippen LogP contribution is -2.18. The van der Waals surface area contributed by atoms with E-state index in [2.05, 4.69) is 0 Å². The van der Waals surface area contributed by atoms with Gasteiger partial charge in [-0.15, -0.1) is 0 Å². The Balaban J connectivity index is 2.60. The number of rotatable bonds is 6. The first-order valence-electron chi connectivity index (χ1n) is 7.59. The third kappa shape index (κ3) is 4.10. The van der Waals surface area contributed by atoms with Crippen LogP contribution in [-0.4, -0.2) is 44.9 Å². The predicted octanol–water partition coefficient (Wildman–Crippen LogP) is 3.45. The van der Waals surface area contributed by atoms with Gasteiger partial charge in [-0.1, -0.05) is 0 Å². The highest BCUT2D eigenvalue weighted by Crippen LogP contribution is 2.50. The molecule has 0 radical (unpaired) electrons. The Hall–Kier alpha value is -1.12. The van der Waals surface area contributed by atoms with E-state index in [9.17, 15) is 13.2 Å². The summed E-state index contributed by atoms with van der Waals surface area (Å²) in [7, 11) is 2.54. The second-order valence-corrected chi connectivity index (χ2v) is 6.63. The molecule has 1 atom stereocenters. The van der Waals surface area contributed by atoms with Crippen LogP contribution in [0.3, 0.4) is 0 Å². The van der Waals surface area contributed by atoms with E-state index in [0.717, 1.165) is 12.2 Å². The van der Waals surface area contributed by atoms with Crippen molar-refractivity contribution < 1.29 is 32.5 Å². The molecule has 136 valence electrons. The van der Waals surface area contributed by atoms with Crippen LogP contribution in [0.25, 0.3) is 0 Å². The lowest BCUT2D eigenvalue weighted by Gasteiger charge is -2.25. The molecule has 2 rings (SSSR count). The zero-order valence-corrected chi connectivity index (χ0v) is 14.4. The maximum atomic E-state index is 13.8. The minimum absolute atomic E-state index is 0.0884. The molecule has 0 aliphatic carbocycles. The second-order valence-electron chi connectivity index (χ2n) is 5.32. The summed E-state index contributed by atoms with van der Waals surface area (Å²) < 4.78 is 56.9. The molecule has 1 aromatic rings. The lowest BCUT2D eigenvalue weighted by molar-refractivity contribution is -0.139. The van der Waals surface area contributed by atoms with Crippen LogP contribution in [0.5, 0.6) is 11.5 Å². The third-order valence-corrected chi connectivity index (χ3v) is 5.11. The molecule has 0 saturated heterocycles. The molecule has 1 aromatic carbocycles. The summed E-state index contributed by atoms with van der Waals surface area (Å²) in [5.41, 5.74) is 0.0366. The molecule has 8 heteroatoms. The van der Waals surface area contributed by atoms with E-state index >= 15 is 0 Å². The predicted molar refractivity (Wildman–Crippen MR) is 86.0 cm³/mol. The maximum absolute atomic E-state index is 13.8. The summed E-state index contributed by atoms with van der Waals surface area (Å²) >= 11 is 1.44. The van der Waals surface area contributed by atoms with Crippen molar-refractivity contribution in [2.45, 2.75) is 24.3 Å². The van der Waals surface area contributed by atoms with E-state index in [0.29, 0.717) is 12.0 Å². The van der Waals surface area contributed by atoms with Crippen molar-refractivity contribution in [2.75, 3.05) is 39.8 Å². The SMILES string of the molecule is COc1cc2c(c(C(F)(F)F)c1OC)C(COCCO)SCCC2. The van der Waals surface area contributed by atoms with Gasteiger partial charge in [0.1, 0.15) is 5.56 Å². The summed E-state index contributed by atoms with van der Waals surface area (Å²) in [6, 6.07) is 1.63. The second kappa shape index (κ2) is 8.31. The first-order chi connectivity index (χ1) is 11.4. The number of benzene rings is 1. The number of hydrogen-bond acceptors (Lipinski definition) is 5. The largest absolute Gasteiger partial charge is 0.493 e. The van der Waals surface area contributed by atoms with Crippen molar-refractivity contribution >= 4 is 11.8 Å².